The zero-order chi connectivity index (χ0) is 20.7. The van der Waals surface area contributed by atoms with Gasteiger partial charge in [0.1, 0.15) is 11.4 Å². The summed E-state index contributed by atoms with van der Waals surface area (Å²) in [4.78, 5) is 17.0. The Bertz CT molecular complexity index is 1310. The van der Waals surface area contributed by atoms with Crippen molar-refractivity contribution >= 4 is 57.3 Å². The summed E-state index contributed by atoms with van der Waals surface area (Å²) in [5.41, 5.74) is 4.28. The van der Waals surface area contributed by atoms with Gasteiger partial charge in [-0.2, -0.15) is 0 Å². The Morgan fingerprint density at radius 1 is 0.967 bits per heavy atom. The van der Waals surface area contributed by atoms with E-state index in [1.807, 2.05) is 18.2 Å². The summed E-state index contributed by atoms with van der Waals surface area (Å²) >= 11 is 13.4. The van der Waals surface area contributed by atoms with E-state index in [0.717, 1.165) is 33.3 Å². The molecular formula is C22H14Cl2N4OS. The third kappa shape index (κ3) is 3.51. The summed E-state index contributed by atoms with van der Waals surface area (Å²) in [7, 11) is 0. The van der Waals surface area contributed by atoms with Gasteiger partial charge in [0.2, 0.25) is 11.1 Å². The van der Waals surface area contributed by atoms with Gasteiger partial charge in [-0.15, -0.1) is 10.2 Å². The van der Waals surface area contributed by atoms with Crippen molar-refractivity contribution in [2.24, 2.45) is 0 Å². The van der Waals surface area contributed by atoms with Gasteiger partial charge in [-0.25, -0.2) is 4.98 Å². The highest BCUT2D eigenvalue weighted by Gasteiger charge is 2.24. The average Bonchev–Trinajstić information content (AvgIpc) is 3.06. The van der Waals surface area contributed by atoms with Crippen molar-refractivity contribution in [1.29, 1.82) is 0 Å². The third-order valence-electron chi connectivity index (χ3n) is 4.85. The number of halogens is 2. The van der Waals surface area contributed by atoms with Crippen LogP contribution in [0.15, 0.2) is 59.8 Å². The molecule has 8 heteroatoms. The average molecular weight is 453 g/mol. The van der Waals surface area contributed by atoms with Crippen LogP contribution in [0.5, 0.6) is 0 Å². The van der Waals surface area contributed by atoms with Crippen LogP contribution in [-0.2, 0) is 4.79 Å². The normalized spacial score (nSPS) is 11.5. The molecule has 1 aliphatic rings. The first-order chi connectivity index (χ1) is 14.6. The molecule has 1 amide bonds. The van der Waals surface area contributed by atoms with E-state index in [0.29, 0.717) is 26.6 Å². The fourth-order valence-electron chi connectivity index (χ4n) is 3.52. The minimum absolute atomic E-state index is 0.155. The van der Waals surface area contributed by atoms with Crippen LogP contribution < -0.4 is 5.32 Å². The number of rotatable bonds is 5. The number of nitrogens with zero attached hydrogens (tertiary/aromatic N) is 3. The van der Waals surface area contributed by atoms with Crippen LogP contribution in [0, 0.1) is 0 Å². The minimum Gasteiger partial charge on any atom is -0.325 e. The summed E-state index contributed by atoms with van der Waals surface area (Å²) in [6.45, 7) is 0. The van der Waals surface area contributed by atoms with E-state index < -0.39 is 0 Å². The standard InChI is InChI=1S/C22H14Cl2N4OS/c23-13-7-8-16(24)17(11-13)25-18(29)9-10-30-22-26-20-14-5-1-3-12-4-2-6-15(19(12)14)21(20)27-28-22/h1-8,11H,9-10H2,(H,25,29). The Hall–Kier alpha value is -2.67. The fourth-order valence-corrected chi connectivity index (χ4v) is 4.58. The Balaban J connectivity index is 1.28. The van der Waals surface area contributed by atoms with Crippen LogP contribution in [0.1, 0.15) is 6.42 Å². The molecule has 5 rings (SSSR count). The molecule has 4 aromatic rings. The molecule has 1 heterocycles. The maximum absolute atomic E-state index is 12.2. The zero-order valence-electron chi connectivity index (χ0n) is 15.5. The fraction of sp³-hybridized carbons (Fsp3) is 0.0909. The molecule has 0 bridgehead atoms. The Kier molecular flexibility index (Phi) is 5.06. The molecule has 0 unspecified atom stereocenters. The summed E-state index contributed by atoms with van der Waals surface area (Å²) in [5, 5.41) is 15.3. The number of carbonyl (C=O) groups excluding carboxylic acids is 1. The quantitative estimate of drug-likeness (QED) is 0.326. The lowest BCUT2D eigenvalue weighted by molar-refractivity contribution is -0.115. The number of thioether (sulfide) groups is 1. The first-order valence-corrected chi connectivity index (χ1v) is 11.0. The van der Waals surface area contributed by atoms with Crippen LogP contribution in [-0.4, -0.2) is 26.8 Å². The third-order valence-corrected chi connectivity index (χ3v) is 6.25. The van der Waals surface area contributed by atoms with E-state index in [4.69, 9.17) is 28.2 Å². The summed E-state index contributed by atoms with van der Waals surface area (Å²) in [5.74, 6) is 0.361. The second-order valence-electron chi connectivity index (χ2n) is 6.77. The molecule has 3 aromatic carbocycles. The lowest BCUT2D eigenvalue weighted by Crippen LogP contribution is -2.12. The van der Waals surface area contributed by atoms with Crippen molar-refractivity contribution < 1.29 is 4.79 Å². The lowest BCUT2D eigenvalue weighted by Gasteiger charge is -2.07. The predicted octanol–water partition coefficient (Wildman–Crippen LogP) is 6.10. The molecule has 0 saturated carbocycles. The first kappa shape index (κ1) is 19.3. The van der Waals surface area contributed by atoms with Crippen LogP contribution in [0.2, 0.25) is 10.0 Å². The van der Waals surface area contributed by atoms with Gasteiger partial charge in [-0.3, -0.25) is 4.79 Å². The van der Waals surface area contributed by atoms with Gasteiger partial charge in [0, 0.05) is 33.7 Å². The molecule has 0 spiro atoms. The second kappa shape index (κ2) is 7.87. The monoisotopic (exact) mass is 452 g/mol. The number of nitrogens with one attached hydrogen (secondary N) is 1. The number of aromatic nitrogens is 3. The van der Waals surface area contributed by atoms with Gasteiger partial charge >= 0.3 is 0 Å². The molecule has 0 aliphatic heterocycles. The molecule has 0 fully saturated rings. The number of fused-ring (bicyclic) bond motifs is 3. The zero-order valence-corrected chi connectivity index (χ0v) is 17.9. The van der Waals surface area contributed by atoms with Crippen LogP contribution in [0.4, 0.5) is 5.69 Å². The van der Waals surface area contributed by atoms with Gasteiger partial charge in [0.05, 0.1) is 10.7 Å². The second-order valence-corrected chi connectivity index (χ2v) is 8.68. The number of amides is 1. The molecule has 1 N–H and O–H groups in total. The number of anilines is 1. The van der Waals surface area contributed by atoms with Gasteiger partial charge in [-0.05, 0) is 23.6 Å². The largest absolute Gasteiger partial charge is 0.325 e. The highest BCUT2D eigenvalue weighted by Crippen LogP contribution is 2.44. The molecule has 148 valence electrons. The van der Waals surface area contributed by atoms with E-state index in [1.54, 1.807) is 18.2 Å². The SMILES string of the molecule is O=C(CCSc1nnc2c(n1)-c1cccc3cccc-2c13)Nc1cc(Cl)ccc1Cl. The van der Waals surface area contributed by atoms with Gasteiger partial charge in [-0.1, -0.05) is 71.4 Å². The molecule has 1 aliphatic carbocycles. The minimum atomic E-state index is -0.155. The van der Waals surface area contributed by atoms with E-state index in [2.05, 4.69) is 33.7 Å². The van der Waals surface area contributed by atoms with Crippen molar-refractivity contribution in [3.05, 3.63) is 64.6 Å². The smallest absolute Gasteiger partial charge is 0.225 e. The van der Waals surface area contributed by atoms with E-state index in [1.165, 1.54) is 11.8 Å². The molecule has 1 aromatic heterocycles. The van der Waals surface area contributed by atoms with Crippen molar-refractivity contribution in [3.63, 3.8) is 0 Å². The molecule has 0 saturated heterocycles. The Morgan fingerprint density at radius 3 is 2.53 bits per heavy atom. The molecule has 30 heavy (non-hydrogen) atoms. The van der Waals surface area contributed by atoms with E-state index >= 15 is 0 Å². The van der Waals surface area contributed by atoms with Crippen molar-refractivity contribution in [2.45, 2.75) is 11.6 Å². The number of hydrogen-bond acceptors (Lipinski definition) is 5. The predicted molar refractivity (Wildman–Crippen MR) is 122 cm³/mol. The maximum Gasteiger partial charge on any atom is 0.225 e. The summed E-state index contributed by atoms with van der Waals surface area (Å²) in [6.07, 6.45) is 0.282. The molecule has 0 radical (unpaired) electrons. The lowest BCUT2D eigenvalue weighted by atomic mass is 10.0. The van der Waals surface area contributed by atoms with Crippen LogP contribution >= 0.6 is 35.0 Å². The molecule has 5 nitrogen and oxygen atoms in total. The van der Waals surface area contributed by atoms with Crippen molar-refractivity contribution in [3.8, 4) is 22.5 Å². The van der Waals surface area contributed by atoms with Crippen LogP contribution in [0.25, 0.3) is 33.3 Å². The number of carbonyl (C=O) groups is 1. The first-order valence-electron chi connectivity index (χ1n) is 9.25. The summed E-state index contributed by atoms with van der Waals surface area (Å²) < 4.78 is 0. The number of hydrogen-bond donors (Lipinski definition) is 1. The van der Waals surface area contributed by atoms with Crippen molar-refractivity contribution in [2.75, 3.05) is 11.1 Å². The highest BCUT2D eigenvalue weighted by molar-refractivity contribution is 7.99. The number of benzene rings is 3. The van der Waals surface area contributed by atoms with Gasteiger partial charge < -0.3 is 5.32 Å². The van der Waals surface area contributed by atoms with Crippen molar-refractivity contribution in [1.82, 2.24) is 15.2 Å². The van der Waals surface area contributed by atoms with Crippen LogP contribution in [0.3, 0.4) is 0 Å². The topological polar surface area (TPSA) is 67.8 Å². The van der Waals surface area contributed by atoms with Gasteiger partial charge in [0.25, 0.3) is 0 Å². The molecule has 0 atom stereocenters. The molecular weight excluding hydrogens is 439 g/mol. The highest BCUT2D eigenvalue weighted by atomic mass is 35.5. The maximum atomic E-state index is 12.2. The van der Waals surface area contributed by atoms with Gasteiger partial charge in [0.15, 0.2) is 0 Å². The van der Waals surface area contributed by atoms with E-state index in [-0.39, 0.29) is 12.3 Å². The van der Waals surface area contributed by atoms with E-state index in [9.17, 15) is 4.79 Å². The Labute approximate surface area is 186 Å². The Morgan fingerprint density at radius 2 is 1.73 bits per heavy atom. The summed E-state index contributed by atoms with van der Waals surface area (Å²) in [6, 6.07) is 17.3.